The van der Waals surface area contributed by atoms with E-state index < -0.39 is 0 Å². The number of hydrogen-bond acceptors (Lipinski definition) is 2. The van der Waals surface area contributed by atoms with Crippen LogP contribution < -0.4 is 5.73 Å². The maximum Gasteiger partial charge on any atom is 0.146 e. The van der Waals surface area contributed by atoms with Crippen molar-refractivity contribution in [3.05, 3.63) is 0 Å². The molecular formula is C2H4INO. The van der Waals surface area contributed by atoms with Gasteiger partial charge in [-0.05, 0) is 0 Å². The molecular weight excluding hydrogens is 181 g/mol. The SMILES string of the molecule is NC(I)C=O. The van der Waals surface area contributed by atoms with Gasteiger partial charge in [0, 0.05) is 0 Å². The van der Waals surface area contributed by atoms with Gasteiger partial charge in [-0.1, -0.05) is 22.6 Å². The molecule has 0 bridgehead atoms. The maximum atomic E-state index is 9.37. The molecule has 0 aliphatic heterocycles. The first-order valence-electron chi connectivity index (χ1n) is 1.12. The van der Waals surface area contributed by atoms with Crippen molar-refractivity contribution in [2.24, 2.45) is 5.73 Å². The topological polar surface area (TPSA) is 43.1 Å². The average Bonchev–Trinajstić information content (AvgIpc) is 1.38. The number of nitrogens with two attached hydrogens (primary N) is 1. The third-order valence-corrected chi connectivity index (χ3v) is 0.424. The highest BCUT2D eigenvalue weighted by Crippen LogP contribution is 1.80. The molecule has 0 aliphatic carbocycles. The molecule has 0 aromatic carbocycles. The van der Waals surface area contributed by atoms with Gasteiger partial charge in [0.1, 0.15) is 10.3 Å². The summed E-state index contributed by atoms with van der Waals surface area (Å²) in [6.45, 7) is 0. The van der Waals surface area contributed by atoms with Crippen molar-refractivity contribution in [2.75, 3.05) is 0 Å². The van der Waals surface area contributed by atoms with Gasteiger partial charge >= 0.3 is 0 Å². The van der Waals surface area contributed by atoms with Crippen molar-refractivity contribution in [3.8, 4) is 0 Å². The molecule has 1 atom stereocenters. The lowest BCUT2D eigenvalue weighted by atomic mass is 10.8. The van der Waals surface area contributed by atoms with Gasteiger partial charge < -0.3 is 10.5 Å². The smallest absolute Gasteiger partial charge is 0.146 e. The van der Waals surface area contributed by atoms with E-state index in [0.717, 1.165) is 0 Å². The van der Waals surface area contributed by atoms with E-state index >= 15 is 0 Å². The third-order valence-electron chi connectivity index (χ3n) is 0.130. The van der Waals surface area contributed by atoms with Gasteiger partial charge in [0.05, 0.1) is 0 Å². The summed E-state index contributed by atoms with van der Waals surface area (Å²) < 4.78 is -0.326. The highest BCUT2D eigenvalue weighted by Gasteiger charge is 1.82. The Bertz CT molecular complexity index is 36.6. The number of alkyl halides is 1. The second kappa shape index (κ2) is 2.59. The van der Waals surface area contributed by atoms with Gasteiger partial charge in [-0.2, -0.15) is 0 Å². The minimum Gasteiger partial charge on any atom is -0.314 e. The summed E-state index contributed by atoms with van der Waals surface area (Å²) in [4.78, 5) is 9.37. The number of carbonyl (C=O) groups excluding carboxylic acids is 1. The van der Waals surface area contributed by atoms with Crippen LogP contribution in [0.1, 0.15) is 0 Å². The van der Waals surface area contributed by atoms with Crippen LogP contribution in [0.2, 0.25) is 0 Å². The van der Waals surface area contributed by atoms with Crippen LogP contribution in [0.4, 0.5) is 0 Å². The Balaban J connectivity index is 2.83. The molecule has 5 heavy (non-hydrogen) atoms. The first kappa shape index (κ1) is 5.36. The van der Waals surface area contributed by atoms with E-state index in [9.17, 15) is 4.79 Å². The van der Waals surface area contributed by atoms with E-state index in [2.05, 4.69) is 0 Å². The predicted molar refractivity (Wildman–Crippen MR) is 28.1 cm³/mol. The molecule has 0 rings (SSSR count). The van der Waals surface area contributed by atoms with Crippen LogP contribution in [0.15, 0.2) is 0 Å². The predicted octanol–water partition coefficient (Wildman–Crippen LogP) is -0.0949. The minimum atomic E-state index is -0.326. The number of aldehydes is 1. The third kappa shape index (κ3) is 4.36. The highest BCUT2D eigenvalue weighted by atomic mass is 127. The largest absolute Gasteiger partial charge is 0.314 e. The molecule has 30 valence electrons. The van der Waals surface area contributed by atoms with Gasteiger partial charge in [-0.25, -0.2) is 0 Å². The van der Waals surface area contributed by atoms with Crippen molar-refractivity contribution in [1.29, 1.82) is 0 Å². The van der Waals surface area contributed by atoms with E-state index in [0.29, 0.717) is 6.29 Å². The van der Waals surface area contributed by atoms with Gasteiger partial charge in [0.25, 0.3) is 0 Å². The lowest BCUT2D eigenvalue weighted by Crippen LogP contribution is -2.10. The lowest BCUT2D eigenvalue weighted by molar-refractivity contribution is -0.107. The zero-order chi connectivity index (χ0) is 4.28. The number of carbonyl (C=O) groups is 1. The zero-order valence-electron chi connectivity index (χ0n) is 2.52. The van der Waals surface area contributed by atoms with Crippen LogP contribution in [0.5, 0.6) is 0 Å². The first-order chi connectivity index (χ1) is 2.27. The fourth-order valence-electron chi connectivity index (χ4n) is 0. The summed E-state index contributed by atoms with van der Waals surface area (Å²) in [5.74, 6) is 0. The highest BCUT2D eigenvalue weighted by molar-refractivity contribution is 14.1. The molecule has 0 fully saturated rings. The Morgan fingerprint density at radius 1 is 2.00 bits per heavy atom. The van der Waals surface area contributed by atoms with Gasteiger partial charge in [-0.3, -0.25) is 0 Å². The molecule has 0 aliphatic rings. The van der Waals surface area contributed by atoms with E-state index in [1.54, 1.807) is 0 Å². The summed E-state index contributed by atoms with van der Waals surface area (Å²) in [7, 11) is 0. The molecule has 0 amide bonds. The van der Waals surface area contributed by atoms with Gasteiger partial charge in [0.2, 0.25) is 0 Å². The Kier molecular flexibility index (Phi) is 2.78. The molecule has 0 radical (unpaired) electrons. The molecule has 0 heterocycles. The normalized spacial score (nSPS) is 14.0. The monoisotopic (exact) mass is 185 g/mol. The van der Waals surface area contributed by atoms with Crippen LogP contribution >= 0.6 is 22.6 Å². The molecule has 0 aromatic heterocycles. The molecule has 0 spiro atoms. The van der Waals surface area contributed by atoms with Gasteiger partial charge in [0.15, 0.2) is 0 Å². The number of rotatable bonds is 1. The lowest BCUT2D eigenvalue weighted by Gasteiger charge is -1.78. The second-order valence-electron chi connectivity index (χ2n) is 0.581. The molecule has 2 nitrogen and oxygen atoms in total. The van der Waals surface area contributed by atoms with Crippen molar-refractivity contribution >= 4 is 28.9 Å². The summed E-state index contributed by atoms with van der Waals surface area (Å²) in [6.07, 6.45) is 0.681. The quantitative estimate of drug-likeness (QED) is 0.268. The fraction of sp³-hybridized carbons (Fsp3) is 0.500. The van der Waals surface area contributed by atoms with E-state index in [4.69, 9.17) is 5.73 Å². The zero-order valence-corrected chi connectivity index (χ0v) is 4.68. The summed E-state index contributed by atoms with van der Waals surface area (Å²) in [6, 6.07) is 0. The average molecular weight is 185 g/mol. The second-order valence-corrected chi connectivity index (χ2v) is 2.02. The van der Waals surface area contributed by atoms with Crippen LogP contribution in [0, 0.1) is 0 Å². The molecule has 3 heteroatoms. The molecule has 0 aromatic rings. The van der Waals surface area contributed by atoms with Crippen molar-refractivity contribution in [2.45, 2.75) is 4.05 Å². The Morgan fingerprint density at radius 2 is 2.20 bits per heavy atom. The van der Waals surface area contributed by atoms with E-state index in [-0.39, 0.29) is 4.05 Å². The standard InChI is InChI=1S/C2H4INO/c3-2(4)1-5/h1-2H,4H2. The van der Waals surface area contributed by atoms with Crippen LogP contribution in [-0.2, 0) is 4.79 Å². The Labute approximate surface area is 43.9 Å². The fourth-order valence-corrected chi connectivity index (χ4v) is 0. The number of halogens is 1. The van der Waals surface area contributed by atoms with Crippen LogP contribution in [0.3, 0.4) is 0 Å². The van der Waals surface area contributed by atoms with Gasteiger partial charge in [-0.15, -0.1) is 0 Å². The van der Waals surface area contributed by atoms with E-state index in [1.165, 1.54) is 0 Å². The molecule has 1 unspecified atom stereocenters. The van der Waals surface area contributed by atoms with Crippen molar-refractivity contribution in [1.82, 2.24) is 0 Å². The number of hydrogen-bond donors (Lipinski definition) is 1. The first-order valence-corrected chi connectivity index (χ1v) is 2.37. The summed E-state index contributed by atoms with van der Waals surface area (Å²) >= 11 is 1.82. The summed E-state index contributed by atoms with van der Waals surface area (Å²) in [5, 5.41) is 0. The maximum absolute atomic E-state index is 9.37. The van der Waals surface area contributed by atoms with Crippen molar-refractivity contribution in [3.63, 3.8) is 0 Å². The van der Waals surface area contributed by atoms with E-state index in [1.807, 2.05) is 22.6 Å². The molecule has 2 N–H and O–H groups in total. The summed E-state index contributed by atoms with van der Waals surface area (Å²) in [5.41, 5.74) is 4.91. The Hall–Kier alpha value is 0.360. The molecule has 0 saturated carbocycles. The van der Waals surface area contributed by atoms with Crippen LogP contribution in [-0.4, -0.2) is 10.3 Å². The minimum absolute atomic E-state index is 0.326. The van der Waals surface area contributed by atoms with Crippen LogP contribution in [0.25, 0.3) is 0 Å². The Morgan fingerprint density at radius 3 is 2.20 bits per heavy atom. The van der Waals surface area contributed by atoms with Crippen molar-refractivity contribution < 1.29 is 4.79 Å². The molecule has 0 saturated heterocycles.